The molecule has 2 aromatic heterocycles. The first-order valence-electron chi connectivity index (χ1n) is 7.87. The average Bonchev–Trinajstić information content (AvgIpc) is 3.34. The van der Waals surface area contributed by atoms with Crippen molar-refractivity contribution in [3.8, 4) is 22.8 Å². The molecule has 3 aromatic rings. The van der Waals surface area contributed by atoms with Crippen molar-refractivity contribution in [2.24, 2.45) is 0 Å². The van der Waals surface area contributed by atoms with Crippen LogP contribution in [0.2, 0.25) is 0 Å². The number of hydrogen-bond acceptors (Lipinski definition) is 7. The molecule has 1 N–H and O–H groups in total. The monoisotopic (exact) mass is 369 g/mol. The molecule has 0 saturated carbocycles. The van der Waals surface area contributed by atoms with E-state index in [1.54, 1.807) is 24.4 Å². The number of pyridine rings is 1. The Hall–Kier alpha value is -3.00. The quantitative estimate of drug-likeness (QED) is 0.692. The van der Waals surface area contributed by atoms with Crippen LogP contribution in [0.1, 0.15) is 16.1 Å². The van der Waals surface area contributed by atoms with Crippen LogP contribution in [0.5, 0.6) is 11.5 Å². The van der Waals surface area contributed by atoms with Crippen LogP contribution in [0.4, 0.5) is 0 Å². The van der Waals surface area contributed by atoms with Crippen LogP contribution in [-0.4, -0.2) is 29.1 Å². The lowest BCUT2D eigenvalue weighted by molar-refractivity contribution is 0.0946. The summed E-state index contributed by atoms with van der Waals surface area (Å²) in [5.41, 5.74) is 2.00. The Balaban J connectivity index is 1.45. The summed E-state index contributed by atoms with van der Waals surface area (Å²) >= 11 is 1.43. The molecule has 1 aliphatic rings. The predicted octanol–water partition coefficient (Wildman–Crippen LogP) is 3.12. The van der Waals surface area contributed by atoms with Crippen LogP contribution in [0.15, 0.2) is 52.1 Å². The molecule has 132 valence electrons. The Kier molecular flexibility index (Phi) is 4.49. The van der Waals surface area contributed by atoms with E-state index in [4.69, 9.17) is 14.0 Å². The number of thioether (sulfide) groups is 1. The van der Waals surface area contributed by atoms with Gasteiger partial charge in [0.2, 0.25) is 6.79 Å². The minimum Gasteiger partial charge on any atom is -0.454 e. The number of ether oxygens (including phenoxy) is 2. The van der Waals surface area contributed by atoms with Crippen LogP contribution in [0.3, 0.4) is 0 Å². The normalized spacial score (nSPS) is 12.2. The maximum Gasteiger partial charge on any atom is 0.254 e. The molecule has 0 bridgehead atoms. The van der Waals surface area contributed by atoms with Gasteiger partial charge < -0.3 is 19.3 Å². The number of aromatic nitrogens is 2. The molecule has 3 heterocycles. The number of amides is 1. The fraction of sp³-hybridized carbons (Fsp3) is 0.167. The van der Waals surface area contributed by atoms with E-state index in [0.29, 0.717) is 33.5 Å². The molecule has 0 atom stereocenters. The number of nitrogens with zero attached hydrogens (tertiary/aromatic N) is 2. The van der Waals surface area contributed by atoms with Gasteiger partial charge in [0.05, 0.1) is 12.1 Å². The van der Waals surface area contributed by atoms with Gasteiger partial charge in [-0.25, -0.2) is 4.98 Å². The molecular weight excluding hydrogens is 354 g/mol. The largest absolute Gasteiger partial charge is 0.454 e. The number of benzene rings is 1. The molecular formula is C18H15N3O4S. The molecule has 0 radical (unpaired) electrons. The summed E-state index contributed by atoms with van der Waals surface area (Å²) in [4.78, 5) is 16.5. The molecule has 0 aliphatic carbocycles. The lowest BCUT2D eigenvalue weighted by Crippen LogP contribution is -2.23. The maximum atomic E-state index is 12.3. The van der Waals surface area contributed by atoms with Crippen molar-refractivity contribution in [2.45, 2.75) is 11.6 Å². The SMILES string of the molecule is CSc1ncccc1C(=O)NCc1cc(-c2ccc3c(c2)OCO3)on1. The number of carbonyl (C=O) groups is 1. The van der Waals surface area contributed by atoms with E-state index < -0.39 is 0 Å². The molecule has 1 aliphatic heterocycles. The Morgan fingerprint density at radius 2 is 2.12 bits per heavy atom. The van der Waals surface area contributed by atoms with Crippen LogP contribution in [0, 0.1) is 0 Å². The summed E-state index contributed by atoms with van der Waals surface area (Å²) in [5, 5.41) is 7.53. The zero-order valence-electron chi connectivity index (χ0n) is 13.9. The maximum absolute atomic E-state index is 12.3. The molecule has 0 unspecified atom stereocenters. The summed E-state index contributed by atoms with van der Waals surface area (Å²) in [5.74, 6) is 1.78. The van der Waals surface area contributed by atoms with Crippen LogP contribution in [0.25, 0.3) is 11.3 Å². The molecule has 7 nitrogen and oxygen atoms in total. The van der Waals surface area contributed by atoms with Crippen molar-refractivity contribution in [2.75, 3.05) is 13.0 Å². The van der Waals surface area contributed by atoms with E-state index in [-0.39, 0.29) is 19.2 Å². The number of hydrogen-bond donors (Lipinski definition) is 1. The van der Waals surface area contributed by atoms with E-state index in [9.17, 15) is 4.79 Å². The predicted molar refractivity (Wildman–Crippen MR) is 95.3 cm³/mol. The van der Waals surface area contributed by atoms with Crippen LogP contribution >= 0.6 is 11.8 Å². The minimum atomic E-state index is -0.199. The van der Waals surface area contributed by atoms with Gasteiger partial charge >= 0.3 is 0 Å². The van der Waals surface area contributed by atoms with Crippen molar-refractivity contribution < 1.29 is 18.8 Å². The van der Waals surface area contributed by atoms with Gasteiger partial charge in [-0.2, -0.15) is 0 Å². The smallest absolute Gasteiger partial charge is 0.254 e. The Bertz CT molecular complexity index is 957. The van der Waals surface area contributed by atoms with Gasteiger partial charge in [0.1, 0.15) is 10.7 Å². The van der Waals surface area contributed by atoms with Gasteiger partial charge in [-0.3, -0.25) is 4.79 Å². The first-order chi connectivity index (χ1) is 12.7. The molecule has 0 saturated heterocycles. The topological polar surface area (TPSA) is 86.5 Å². The molecule has 0 fully saturated rings. The first-order valence-corrected chi connectivity index (χ1v) is 9.10. The molecule has 26 heavy (non-hydrogen) atoms. The fourth-order valence-corrected chi connectivity index (χ4v) is 3.12. The highest BCUT2D eigenvalue weighted by atomic mass is 32.2. The number of nitrogens with one attached hydrogen (secondary N) is 1. The number of rotatable bonds is 5. The van der Waals surface area contributed by atoms with Gasteiger partial charge in [-0.05, 0) is 36.6 Å². The molecule has 1 amide bonds. The van der Waals surface area contributed by atoms with Gasteiger partial charge in [-0.15, -0.1) is 11.8 Å². The van der Waals surface area contributed by atoms with Gasteiger partial charge in [0, 0.05) is 17.8 Å². The second-order valence-corrected chi connectivity index (χ2v) is 6.29. The minimum absolute atomic E-state index is 0.199. The average molecular weight is 369 g/mol. The third-order valence-corrected chi connectivity index (χ3v) is 4.57. The Morgan fingerprint density at radius 1 is 1.23 bits per heavy atom. The third-order valence-electron chi connectivity index (χ3n) is 3.86. The number of fused-ring (bicyclic) bond motifs is 1. The zero-order chi connectivity index (χ0) is 17.9. The highest BCUT2D eigenvalue weighted by molar-refractivity contribution is 7.98. The van der Waals surface area contributed by atoms with Gasteiger partial charge in [0.25, 0.3) is 5.91 Å². The van der Waals surface area contributed by atoms with Crippen molar-refractivity contribution in [1.82, 2.24) is 15.5 Å². The standard InChI is InChI=1S/C18H15N3O4S/c1-26-18-13(3-2-6-19-18)17(22)20-9-12-8-15(25-21-12)11-4-5-14-16(7-11)24-10-23-14/h2-8H,9-10H2,1H3,(H,20,22). The molecule has 4 rings (SSSR count). The Morgan fingerprint density at radius 3 is 3.00 bits per heavy atom. The molecule has 8 heteroatoms. The van der Waals surface area contributed by atoms with E-state index in [1.165, 1.54) is 11.8 Å². The van der Waals surface area contributed by atoms with Crippen molar-refractivity contribution in [3.63, 3.8) is 0 Å². The summed E-state index contributed by atoms with van der Waals surface area (Å²) in [6, 6.07) is 10.8. The Labute approximate surface area is 153 Å². The second kappa shape index (κ2) is 7.09. The first kappa shape index (κ1) is 16.5. The van der Waals surface area contributed by atoms with E-state index in [1.807, 2.05) is 24.5 Å². The van der Waals surface area contributed by atoms with E-state index in [2.05, 4.69) is 15.5 Å². The second-order valence-electron chi connectivity index (χ2n) is 5.49. The fourth-order valence-electron chi connectivity index (χ4n) is 2.57. The lowest BCUT2D eigenvalue weighted by Gasteiger charge is -2.06. The summed E-state index contributed by atoms with van der Waals surface area (Å²) in [6.07, 6.45) is 3.55. The van der Waals surface area contributed by atoms with Crippen molar-refractivity contribution in [1.29, 1.82) is 0 Å². The molecule has 1 aromatic carbocycles. The number of carbonyl (C=O) groups excluding carboxylic acids is 1. The highest BCUT2D eigenvalue weighted by Gasteiger charge is 2.16. The van der Waals surface area contributed by atoms with Crippen molar-refractivity contribution >= 4 is 17.7 Å². The van der Waals surface area contributed by atoms with Crippen LogP contribution < -0.4 is 14.8 Å². The van der Waals surface area contributed by atoms with Crippen LogP contribution in [-0.2, 0) is 6.54 Å². The van der Waals surface area contributed by atoms with Crippen molar-refractivity contribution in [3.05, 3.63) is 53.9 Å². The third kappa shape index (κ3) is 3.23. The van der Waals surface area contributed by atoms with Gasteiger partial charge in [0.15, 0.2) is 17.3 Å². The summed E-state index contributed by atoms with van der Waals surface area (Å²) < 4.78 is 16.0. The summed E-state index contributed by atoms with van der Waals surface area (Å²) in [6.45, 7) is 0.481. The lowest BCUT2D eigenvalue weighted by atomic mass is 10.1. The summed E-state index contributed by atoms with van der Waals surface area (Å²) in [7, 11) is 0. The molecule has 0 spiro atoms. The van der Waals surface area contributed by atoms with Gasteiger partial charge in [-0.1, -0.05) is 5.16 Å². The van der Waals surface area contributed by atoms with E-state index >= 15 is 0 Å². The zero-order valence-corrected chi connectivity index (χ0v) is 14.7. The highest BCUT2D eigenvalue weighted by Crippen LogP contribution is 2.36. The van der Waals surface area contributed by atoms with E-state index in [0.717, 1.165) is 5.56 Å².